The number of carboxylic acids is 1. The molecule has 1 heterocycles. The Balaban J connectivity index is 3.35. The van der Waals surface area contributed by atoms with E-state index in [4.69, 9.17) is 10.8 Å². The number of anilines is 1. The first-order valence-electron chi connectivity index (χ1n) is 3.39. The van der Waals surface area contributed by atoms with Crippen LogP contribution in [0.5, 0.6) is 0 Å². The molecule has 0 spiro atoms. The molecule has 0 saturated carbocycles. The number of nitrogen functional groups attached to an aromatic ring is 1. The monoisotopic (exact) mass is 206 g/mol. The second-order valence-electron chi connectivity index (χ2n) is 2.42. The Morgan fingerprint density at radius 3 is 2.50 bits per heavy atom. The van der Waals surface area contributed by atoms with Gasteiger partial charge in [0.1, 0.15) is 0 Å². The average molecular weight is 206 g/mol. The van der Waals surface area contributed by atoms with E-state index in [0.717, 1.165) is 12.3 Å². The summed E-state index contributed by atoms with van der Waals surface area (Å²) in [5, 5.41) is 8.48. The van der Waals surface area contributed by atoms with Crippen LogP contribution in [0.3, 0.4) is 0 Å². The Bertz CT molecular complexity index is 376. The van der Waals surface area contributed by atoms with Crippen molar-refractivity contribution in [1.29, 1.82) is 0 Å². The number of nitrogens with zero attached hydrogens (tertiary/aromatic N) is 1. The first-order chi connectivity index (χ1) is 6.34. The van der Waals surface area contributed by atoms with Crippen molar-refractivity contribution >= 4 is 11.7 Å². The molecule has 0 amide bonds. The zero-order chi connectivity index (χ0) is 10.9. The van der Waals surface area contributed by atoms with E-state index in [1.54, 1.807) is 0 Å². The Labute approximate surface area is 76.2 Å². The molecule has 3 N–H and O–H groups in total. The fourth-order valence-electron chi connectivity index (χ4n) is 0.886. The third kappa shape index (κ3) is 1.76. The van der Waals surface area contributed by atoms with Crippen LogP contribution in [-0.4, -0.2) is 16.1 Å². The fraction of sp³-hybridized carbons (Fsp3) is 0.143. The zero-order valence-corrected chi connectivity index (χ0v) is 6.67. The molecule has 0 aliphatic rings. The smallest absolute Gasteiger partial charge is 0.435 e. The number of aromatic nitrogens is 1. The van der Waals surface area contributed by atoms with Gasteiger partial charge in [-0.2, -0.15) is 13.2 Å². The highest BCUT2D eigenvalue weighted by Gasteiger charge is 2.36. The van der Waals surface area contributed by atoms with Crippen LogP contribution < -0.4 is 5.73 Å². The summed E-state index contributed by atoms with van der Waals surface area (Å²) < 4.78 is 36.5. The molecule has 0 fully saturated rings. The normalized spacial score (nSPS) is 11.4. The molecule has 0 bridgehead atoms. The van der Waals surface area contributed by atoms with Crippen molar-refractivity contribution in [3.63, 3.8) is 0 Å². The summed E-state index contributed by atoms with van der Waals surface area (Å²) in [5.74, 6) is -1.52. The maximum Gasteiger partial charge on any atom is 0.435 e. The highest BCUT2D eigenvalue weighted by atomic mass is 19.4. The van der Waals surface area contributed by atoms with Gasteiger partial charge in [-0.25, -0.2) is 9.78 Å². The van der Waals surface area contributed by atoms with Gasteiger partial charge in [0.25, 0.3) is 0 Å². The van der Waals surface area contributed by atoms with Crippen LogP contribution in [0.25, 0.3) is 0 Å². The van der Waals surface area contributed by atoms with Crippen molar-refractivity contribution < 1.29 is 23.1 Å². The molecule has 0 aromatic carbocycles. The number of carbonyl (C=O) groups is 1. The van der Waals surface area contributed by atoms with Crippen molar-refractivity contribution in [3.8, 4) is 0 Å². The molecule has 14 heavy (non-hydrogen) atoms. The van der Waals surface area contributed by atoms with Crippen LogP contribution in [0.4, 0.5) is 18.9 Å². The molecule has 0 unspecified atom stereocenters. The molecule has 1 rings (SSSR count). The molecule has 1 aromatic rings. The largest absolute Gasteiger partial charge is 0.478 e. The molecule has 0 saturated heterocycles. The van der Waals surface area contributed by atoms with E-state index in [2.05, 4.69) is 4.98 Å². The number of pyridine rings is 1. The topological polar surface area (TPSA) is 76.2 Å². The zero-order valence-electron chi connectivity index (χ0n) is 6.67. The lowest BCUT2D eigenvalue weighted by molar-refractivity contribution is -0.140. The van der Waals surface area contributed by atoms with Gasteiger partial charge >= 0.3 is 12.1 Å². The van der Waals surface area contributed by atoms with Crippen LogP contribution in [-0.2, 0) is 6.18 Å². The summed E-state index contributed by atoms with van der Waals surface area (Å²) in [6, 6.07) is 0.910. The number of halogens is 3. The van der Waals surface area contributed by atoms with Gasteiger partial charge in [0.15, 0.2) is 5.69 Å². The highest BCUT2D eigenvalue weighted by Crippen LogP contribution is 2.32. The molecule has 1 aromatic heterocycles. The summed E-state index contributed by atoms with van der Waals surface area (Å²) in [6.45, 7) is 0. The Morgan fingerprint density at radius 2 is 2.07 bits per heavy atom. The number of hydrogen-bond donors (Lipinski definition) is 2. The van der Waals surface area contributed by atoms with Crippen molar-refractivity contribution in [2.75, 3.05) is 5.73 Å². The molecular formula is C7H5F3N2O2. The maximum absolute atomic E-state index is 12.2. The predicted octanol–water partition coefficient (Wildman–Crippen LogP) is 1.38. The minimum atomic E-state index is -4.74. The van der Waals surface area contributed by atoms with E-state index < -0.39 is 29.1 Å². The molecule has 7 heteroatoms. The molecule has 4 nitrogen and oxygen atoms in total. The summed E-state index contributed by atoms with van der Waals surface area (Å²) in [7, 11) is 0. The van der Waals surface area contributed by atoms with Crippen molar-refractivity contribution in [1.82, 2.24) is 4.98 Å². The number of nitrogens with two attached hydrogens (primary N) is 1. The second kappa shape index (κ2) is 3.17. The van der Waals surface area contributed by atoms with Crippen molar-refractivity contribution in [2.24, 2.45) is 0 Å². The van der Waals surface area contributed by atoms with Crippen LogP contribution in [0.1, 0.15) is 16.1 Å². The van der Waals surface area contributed by atoms with E-state index in [1.807, 2.05) is 0 Å². The average Bonchev–Trinajstić information content (AvgIpc) is 2.01. The number of hydrogen-bond acceptors (Lipinski definition) is 3. The lowest BCUT2D eigenvalue weighted by Crippen LogP contribution is -2.15. The summed E-state index contributed by atoms with van der Waals surface area (Å²) >= 11 is 0. The van der Waals surface area contributed by atoms with E-state index in [0.29, 0.717) is 0 Å². The number of aromatic carboxylic acids is 1. The minimum Gasteiger partial charge on any atom is -0.478 e. The molecule has 0 radical (unpaired) electrons. The summed E-state index contributed by atoms with van der Waals surface area (Å²) in [6.07, 6.45) is -3.99. The van der Waals surface area contributed by atoms with Crippen LogP contribution in [0, 0.1) is 0 Å². The third-order valence-electron chi connectivity index (χ3n) is 1.49. The maximum atomic E-state index is 12.2. The SMILES string of the molecule is Nc1c(C(=O)O)ccnc1C(F)(F)F. The van der Waals surface area contributed by atoms with Gasteiger partial charge in [-0.15, -0.1) is 0 Å². The van der Waals surface area contributed by atoms with Gasteiger partial charge in [0.2, 0.25) is 0 Å². The van der Waals surface area contributed by atoms with Gasteiger partial charge in [-0.3, -0.25) is 0 Å². The Morgan fingerprint density at radius 1 is 1.50 bits per heavy atom. The van der Waals surface area contributed by atoms with Crippen molar-refractivity contribution in [3.05, 3.63) is 23.5 Å². The van der Waals surface area contributed by atoms with Gasteiger partial charge in [-0.1, -0.05) is 0 Å². The lowest BCUT2D eigenvalue weighted by Gasteiger charge is -2.09. The highest BCUT2D eigenvalue weighted by molar-refractivity contribution is 5.94. The fourth-order valence-corrected chi connectivity index (χ4v) is 0.886. The van der Waals surface area contributed by atoms with Crippen molar-refractivity contribution in [2.45, 2.75) is 6.18 Å². The van der Waals surface area contributed by atoms with E-state index >= 15 is 0 Å². The molecule has 0 atom stereocenters. The third-order valence-corrected chi connectivity index (χ3v) is 1.49. The first kappa shape index (κ1) is 10.3. The van der Waals surface area contributed by atoms with Gasteiger partial charge in [0, 0.05) is 6.20 Å². The number of carboxylic acid groups (broad SMARTS) is 1. The van der Waals surface area contributed by atoms with E-state index in [1.165, 1.54) is 0 Å². The number of rotatable bonds is 1. The predicted molar refractivity (Wildman–Crippen MR) is 40.6 cm³/mol. The minimum absolute atomic E-state index is 0.604. The summed E-state index contributed by atoms with van der Waals surface area (Å²) in [4.78, 5) is 13.4. The Hall–Kier alpha value is -1.79. The standard InChI is InChI=1S/C7H5F3N2O2/c8-7(9,10)5-4(11)3(6(13)14)1-2-12-5/h1-2H,11H2,(H,13,14). The Kier molecular flexibility index (Phi) is 2.33. The molecule has 0 aliphatic heterocycles. The van der Waals surface area contributed by atoms with Crippen LogP contribution in [0.15, 0.2) is 12.3 Å². The second-order valence-corrected chi connectivity index (χ2v) is 2.42. The van der Waals surface area contributed by atoms with E-state index in [9.17, 15) is 18.0 Å². The first-order valence-corrected chi connectivity index (χ1v) is 3.39. The van der Waals surface area contributed by atoms with Crippen LogP contribution >= 0.6 is 0 Å². The molecular weight excluding hydrogens is 201 g/mol. The van der Waals surface area contributed by atoms with Gasteiger partial charge in [-0.05, 0) is 6.07 Å². The quantitative estimate of drug-likeness (QED) is 0.727. The lowest BCUT2D eigenvalue weighted by atomic mass is 10.2. The van der Waals surface area contributed by atoms with Crippen LogP contribution in [0.2, 0.25) is 0 Å². The van der Waals surface area contributed by atoms with E-state index in [-0.39, 0.29) is 0 Å². The van der Waals surface area contributed by atoms with Gasteiger partial charge < -0.3 is 10.8 Å². The molecule has 76 valence electrons. The van der Waals surface area contributed by atoms with Gasteiger partial charge in [0.05, 0.1) is 11.3 Å². The number of alkyl halides is 3. The summed E-state index contributed by atoms with van der Waals surface area (Å²) in [5.41, 5.74) is 2.16. The molecule has 0 aliphatic carbocycles.